The first-order valence-electron chi connectivity index (χ1n) is 9.43. The Morgan fingerprint density at radius 1 is 1.33 bits per heavy atom. The molecule has 140 valence electrons. The molecule has 1 spiro atoms. The standard InChI is InChI=1S/C21H22N2O4/c1-12(25)14-9-27-10-15-13(14)7-19-21(8-18(15)23(19)11-24)16-5-3-4-6-17(16)22(2)20(21)26/h3-6,9,11,13,15,18-19H,7-8,10H2,1-2H3. The lowest BCUT2D eigenvalue weighted by atomic mass is 9.71. The Morgan fingerprint density at radius 3 is 2.85 bits per heavy atom. The van der Waals surface area contributed by atoms with Gasteiger partial charge in [0.25, 0.3) is 0 Å². The van der Waals surface area contributed by atoms with Gasteiger partial charge in [0, 0.05) is 36.2 Å². The highest BCUT2D eigenvalue weighted by Crippen LogP contribution is 2.59. The van der Waals surface area contributed by atoms with Crippen LogP contribution in [0.25, 0.3) is 0 Å². The molecule has 4 heterocycles. The van der Waals surface area contributed by atoms with Crippen LogP contribution >= 0.6 is 0 Å². The summed E-state index contributed by atoms with van der Waals surface area (Å²) in [4.78, 5) is 41.2. The number of carbonyl (C=O) groups is 3. The van der Waals surface area contributed by atoms with Gasteiger partial charge in [0.05, 0.1) is 24.3 Å². The average molecular weight is 366 g/mol. The molecule has 5 unspecified atom stereocenters. The average Bonchev–Trinajstić information content (AvgIpc) is 3.05. The summed E-state index contributed by atoms with van der Waals surface area (Å²) in [5, 5.41) is 0. The highest BCUT2D eigenvalue weighted by Gasteiger charge is 2.67. The van der Waals surface area contributed by atoms with Gasteiger partial charge in [0.1, 0.15) is 0 Å². The van der Waals surface area contributed by atoms with Crippen LogP contribution in [0.5, 0.6) is 0 Å². The second kappa shape index (κ2) is 5.44. The molecule has 1 aromatic rings. The fourth-order valence-corrected chi connectivity index (χ4v) is 6.04. The SMILES string of the molecule is CC(=O)C1=COCC2C1CC1N(C=O)C2CC12C(=O)N(C)c1ccccc12. The zero-order valence-corrected chi connectivity index (χ0v) is 15.4. The first-order chi connectivity index (χ1) is 13.0. The molecule has 0 radical (unpaired) electrons. The summed E-state index contributed by atoms with van der Waals surface area (Å²) in [5.41, 5.74) is 1.89. The zero-order valence-electron chi connectivity index (χ0n) is 15.4. The predicted molar refractivity (Wildman–Crippen MR) is 97.9 cm³/mol. The van der Waals surface area contributed by atoms with Gasteiger partial charge < -0.3 is 14.5 Å². The van der Waals surface area contributed by atoms with Crippen LogP contribution in [-0.2, 0) is 24.5 Å². The molecule has 6 nitrogen and oxygen atoms in total. The van der Waals surface area contributed by atoms with Crippen molar-refractivity contribution in [3.05, 3.63) is 41.7 Å². The first-order valence-corrected chi connectivity index (χ1v) is 9.43. The Morgan fingerprint density at radius 2 is 2.11 bits per heavy atom. The molecular weight excluding hydrogens is 344 g/mol. The van der Waals surface area contributed by atoms with Crippen molar-refractivity contribution in [3.8, 4) is 0 Å². The summed E-state index contributed by atoms with van der Waals surface area (Å²) in [6.45, 7) is 2.04. The molecule has 5 rings (SSSR count). The number of hydrogen-bond acceptors (Lipinski definition) is 4. The quantitative estimate of drug-likeness (QED) is 0.747. The van der Waals surface area contributed by atoms with Gasteiger partial charge in [-0.05, 0) is 31.4 Å². The van der Waals surface area contributed by atoms with E-state index in [1.807, 2.05) is 29.2 Å². The molecule has 2 fully saturated rings. The fraction of sp³-hybridized carbons (Fsp3) is 0.476. The minimum atomic E-state index is -0.726. The van der Waals surface area contributed by atoms with E-state index in [-0.39, 0.29) is 35.6 Å². The number of ether oxygens (including phenoxy) is 1. The number of ketones is 1. The van der Waals surface area contributed by atoms with Crippen molar-refractivity contribution in [1.82, 2.24) is 4.90 Å². The van der Waals surface area contributed by atoms with Gasteiger partial charge in [-0.3, -0.25) is 14.4 Å². The van der Waals surface area contributed by atoms with Crippen molar-refractivity contribution in [2.45, 2.75) is 37.3 Å². The maximum absolute atomic E-state index is 13.5. The maximum atomic E-state index is 13.5. The van der Waals surface area contributed by atoms with Crippen LogP contribution in [-0.4, -0.2) is 48.7 Å². The second-order valence-electron chi connectivity index (χ2n) is 8.16. The number of nitrogens with zero attached hydrogens (tertiary/aromatic N) is 2. The number of piperidine rings is 1. The molecule has 0 aromatic heterocycles. The van der Waals surface area contributed by atoms with Crippen molar-refractivity contribution >= 4 is 23.8 Å². The Kier molecular flexibility index (Phi) is 3.33. The van der Waals surface area contributed by atoms with Crippen LogP contribution in [0, 0.1) is 11.8 Å². The highest BCUT2D eigenvalue weighted by molar-refractivity contribution is 6.09. The monoisotopic (exact) mass is 366 g/mol. The predicted octanol–water partition coefficient (Wildman–Crippen LogP) is 1.64. The number of rotatable bonds is 2. The number of anilines is 1. The number of carbonyl (C=O) groups excluding carboxylic acids is 3. The van der Waals surface area contributed by atoms with Crippen molar-refractivity contribution < 1.29 is 19.1 Å². The summed E-state index contributed by atoms with van der Waals surface area (Å²) < 4.78 is 5.60. The van der Waals surface area contributed by atoms with Gasteiger partial charge in [0.15, 0.2) is 5.78 Å². The smallest absolute Gasteiger partial charge is 0.239 e. The van der Waals surface area contributed by atoms with Crippen LogP contribution in [0.4, 0.5) is 5.69 Å². The van der Waals surface area contributed by atoms with Gasteiger partial charge in [-0.25, -0.2) is 0 Å². The van der Waals surface area contributed by atoms with Crippen molar-refractivity contribution in [3.63, 3.8) is 0 Å². The molecule has 6 heteroatoms. The molecule has 0 saturated carbocycles. The van der Waals surface area contributed by atoms with E-state index in [0.717, 1.165) is 17.7 Å². The lowest BCUT2D eigenvalue weighted by molar-refractivity contribution is -0.129. The van der Waals surface area contributed by atoms with E-state index >= 15 is 0 Å². The summed E-state index contributed by atoms with van der Waals surface area (Å²) in [6, 6.07) is 7.54. The van der Waals surface area contributed by atoms with Gasteiger partial charge in [0.2, 0.25) is 12.3 Å². The van der Waals surface area contributed by atoms with Crippen molar-refractivity contribution in [1.29, 1.82) is 0 Å². The van der Waals surface area contributed by atoms with Crippen LogP contribution in [0.2, 0.25) is 0 Å². The largest absolute Gasteiger partial charge is 0.500 e. The topological polar surface area (TPSA) is 66.9 Å². The van der Waals surface area contributed by atoms with Crippen molar-refractivity contribution in [2.75, 3.05) is 18.6 Å². The Balaban J connectivity index is 1.67. The zero-order chi connectivity index (χ0) is 18.9. The van der Waals surface area contributed by atoms with Gasteiger partial charge >= 0.3 is 0 Å². The minimum absolute atomic E-state index is 0.00738. The fourth-order valence-electron chi connectivity index (χ4n) is 6.04. The van der Waals surface area contributed by atoms with Crippen LogP contribution in [0.15, 0.2) is 36.1 Å². The van der Waals surface area contributed by atoms with Gasteiger partial charge in [-0.2, -0.15) is 0 Å². The van der Waals surface area contributed by atoms with E-state index in [4.69, 9.17) is 4.74 Å². The number of para-hydroxylation sites is 1. The molecular formula is C21H22N2O4. The molecule has 2 amide bonds. The van der Waals surface area contributed by atoms with Crippen LogP contribution in [0.3, 0.4) is 0 Å². The van der Waals surface area contributed by atoms with E-state index in [1.54, 1.807) is 25.1 Å². The third-order valence-corrected chi connectivity index (χ3v) is 7.19. The second-order valence-corrected chi connectivity index (χ2v) is 8.16. The molecule has 4 aliphatic heterocycles. The van der Waals surface area contributed by atoms with Crippen LogP contribution in [0.1, 0.15) is 25.3 Å². The number of amides is 2. The molecule has 0 aliphatic carbocycles. The molecule has 27 heavy (non-hydrogen) atoms. The molecule has 4 aliphatic rings. The number of benzene rings is 1. The highest BCUT2D eigenvalue weighted by atomic mass is 16.5. The van der Waals surface area contributed by atoms with Crippen molar-refractivity contribution in [2.24, 2.45) is 11.8 Å². The summed E-state index contributed by atoms with van der Waals surface area (Å²) in [6.07, 6.45) is 3.68. The van der Waals surface area contributed by atoms with Gasteiger partial charge in [-0.1, -0.05) is 18.2 Å². The molecule has 5 atom stereocenters. The number of fused-ring (bicyclic) bond motifs is 7. The minimum Gasteiger partial charge on any atom is -0.500 e. The first kappa shape index (κ1) is 16.5. The third kappa shape index (κ3) is 1.88. The van der Waals surface area contributed by atoms with Crippen LogP contribution < -0.4 is 4.90 Å². The van der Waals surface area contributed by atoms with E-state index in [9.17, 15) is 14.4 Å². The Labute approximate surface area is 157 Å². The van der Waals surface area contributed by atoms with E-state index in [2.05, 4.69) is 0 Å². The van der Waals surface area contributed by atoms with E-state index < -0.39 is 5.41 Å². The summed E-state index contributed by atoms with van der Waals surface area (Å²) >= 11 is 0. The molecule has 2 bridgehead atoms. The lowest BCUT2D eigenvalue weighted by Crippen LogP contribution is -2.55. The normalized spacial score (nSPS) is 36.2. The lowest BCUT2D eigenvalue weighted by Gasteiger charge is -2.45. The summed E-state index contributed by atoms with van der Waals surface area (Å²) in [7, 11) is 1.81. The van der Waals surface area contributed by atoms with E-state index in [0.29, 0.717) is 25.0 Å². The molecule has 0 N–H and O–H groups in total. The Bertz CT molecular complexity index is 894. The number of Topliss-reactive ketones (excluding diaryl/α,β-unsaturated/α-hetero) is 1. The number of likely N-dealkylation sites (N-methyl/N-ethyl adjacent to an activating group) is 1. The third-order valence-electron chi connectivity index (χ3n) is 7.19. The van der Waals surface area contributed by atoms with E-state index in [1.165, 1.54) is 0 Å². The van der Waals surface area contributed by atoms with Gasteiger partial charge in [-0.15, -0.1) is 0 Å². The Hall–Kier alpha value is -2.63. The molecule has 1 aromatic carbocycles. The number of allylic oxidation sites excluding steroid dienone is 1. The summed E-state index contributed by atoms with van der Waals surface area (Å²) in [5.74, 6) is 0.136. The maximum Gasteiger partial charge on any atom is 0.239 e. The number of hydrogen-bond donors (Lipinski definition) is 0. The molecule has 2 saturated heterocycles.